The van der Waals surface area contributed by atoms with Crippen LogP contribution in [0.1, 0.15) is 26.7 Å². The molecule has 5 nitrogen and oxygen atoms in total. The molecule has 0 saturated carbocycles. The van der Waals surface area contributed by atoms with Crippen LogP contribution in [-0.4, -0.2) is 51.6 Å². The van der Waals surface area contributed by atoms with Crippen LogP contribution in [-0.2, 0) is 20.4 Å². The van der Waals surface area contributed by atoms with Crippen LogP contribution in [0.25, 0.3) is 0 Å². The highest BCUT2D eigenvalue weighted by molar-refractivity contribution is 7.84. The molecule has 0 aromatic carbocycles. The Labute approximate surface area is 104 Å². The van der Waals surface area contributed by atoms with E-state index >= 15 is 0 Å². The third kappa shape index (κ3) is 4.11. The second-order valence-electron chi connectivity index (χ2n) is 4.04. The van der Waals surface area contributed by atoms with E-state index in [1.165, 1.54) is 0 Å². The third-order valence-corrected chi connectivity index (χ3v) is 4.15. The molecule has 1 aliphatic rings. The third-order valence-electron chi connectivity index (χ3n) is 2.87. The van der Waals surface area contributed by atoms with Crippen molar-refractivity contribution in [3.8, 4) is 0 Å². The van der Waals surface area contributed by atoms with E-state index in [-0.39, 0.29) is 11.8 Å². The molecule has 0 aliphatic carbocycles. The van der Waals surface area contributed by atoms with Crippen LogP contribution >= 0.6 is 0 Å². The Bertz CT molecular complexity index is 320. The van der Waals surface area contributed by atoms with Gasteiger partial charge in [-0.25, -0.2) is 0 Å². The quantitative estimate of drug-likeness (QED) is 0.749. The summed E-state index contributed by atoms with van der Waals surface area (Å²) in [7, 11) is -0.870. The van der Waals surface area contributed by atoms with Crippen molar-refractivity contribution in [2.45, 2.75) is 32.7 Å². The molecule has 1 rings (SSSR count). The van der Waals surface area contributed by atoms with Gasteiger partial charge in [0.1, 0.15) is 6.04 Å². The average Bonchev–Trinajstić information content (AvgIpc) is 2.47. The number of amides is 2. The van der Waals surface area contributed by atoms with Gasteiger partial charge in [-0.05, 0) is 6.42 Å². The smallest absolute Gasteiger partial charge is 0.245 e. The highest BCUT2D eigenvalue weighted by Crippen LogP contribution is 2.06. The van der Waals surface area contributed by atoms with Gasteiger partial charge < -0.3 is 10.2 Å². The molecule has 0 bridgehead atoms. The Balaban J connectivity index is 2.60. The number of hydrogen-bond acceptors (Lipinski definition) is 3. The SMILES string of the molecule is CCC1NC(=O)CCN(CCS(=O)CC)C1=O. The minimum Gasteiger partial charge on any atom is -0.344 e. The first-order valence-electron chi connectivity index (χ1n) is 6.01. The van der Waals surface area contributed by atoms with Crippen LogP contribution in [0.4, 0.5) is 0 Å². The number of carbonyl (C=O) groups is 2. The zero-order valence-corrected chi connectivity index (χ0v) is 11.2. The van der Waals surface area contributed by atoms with Crippen molar-refractivity contribution >= 4 is 22.6 Å². The first-order chi connectivity index (χ1) is 8.08. The molecule has 0 aromatic heterocycles. The van der Waals surface area contributed by atoms with Crippen LogP contribution in [0.5, 0.6) is 0 Å². The second kappa shape index (κ2) is 6.74. The summed E-state index contributed by atoms with van der Waals surface area (Å²) in [5, 5.41) is 2.70. The van der Waals surface area contributed by atoms with Crippen molar-refractivity contribution in [1.82, 2.24) is 10.2 Å². The summed E-state index contributed by atoms with van der Waals surface area (Å²) in [6.07, 6.45) is 0.930. The van der Waals surface area contributed by atoms with Gasteiger partial charge in [-0.15, -0.1) is 0 Å². The van der Waals surface area contributed by atoms with Crippen LogP contribution in [0.2, 0.25) is 0 Å². The summed E-state index contributed by atoms with van der Waals surface area (Å²) < 4.78 is 11.4. The molecule has 0 radical (unpaired) electrons. The Morgan fingerprint density at radius 2 is 2.12 bits per heavy atom. The highest BCUT2D eigenvalue weighted by Gasteiger charge is 2.28. The van der Waals surface area contributed by atoms with Crippen molar-refractivity contribution in [3.05, 3.63) is 0 Å². The molecule has 0 spiro atoms. The normalized spacial score (nSPS) is 23.2. The Morgan fingerprint density at radius 1 is 1.41 bits per heavy atom. The fraction of sp³-hybridized carbons (Fsp3) is 0.818. The second-order valence-corrected chi connectivity index (χ2v) is 5.90. The minimum absolute atomic E-state index is 0.0496. The van der Waals surface area contributed by atoms with Gasteiger partial charge in [0.25, 0.3) is 0 Å². The average molecular weight is 260 g/mol. The lowest BCUT2D eigenvalue weighted by Gasteiger charge is -2.23. The molecule has 6 heteroatoms. The molecule has 1 heterocycles. The zero-order valence-electron chi connectivity index (χ0n) is 10.4. The van der Waals surface area contributed by atoms with Crippen molar-refractivity contribution in [2.75, 3.05) is 24.6 Å². The summed E-state index contributed by atoms with van der Waals surface area (Å²) in [6, 6.07) is -0.417. The van der Waals surface area contributed by atoms with E-state index in [4.69, 9.17) is 0 Å². The Kier molecular flexibility index (Phi) is 5.61. The molecule has 1 aliphatic heterocycles. The lowest BCUT2D eigenvalue weighted by atomic mass is 10.2. The van der Waals surface area contributed by atoms with Gasteiger partial charge in [-0.2, -0.15) is 0 Å². The molecule has 1 saturated heterocycles. The van der Waals surface area contributed by atoms with E-state index in [0.717, 1.165) is 0 Å². The maximum atomic E-state index is 12.0. The van der Waals surface area contributed by atoms with Crippen molar-refractivity contribution < 1.29 is 13.8 Å². The van der Waals surface area contributed by atoms with Crippen molar-refractivity contribution in [2.24, 2.45) is 0 Å². The molecule has 98 valence electrons. The largest absolute Gasteiger partial charge is 0.344 e. The van der Waals surface area contributed by atoms with Gasteiger partial charge in [0.2, 0.25) is 11.8 Å². The van der Waals surface area contributed by atoms with Crippen LogP contribution in [0, 0.1) is 0 Å². The van der Waals surface area contributed by atoms with Gasteiger partial charge in [0.05, 0.1) is 0 Å². The molecule has 0 aromatic rings. The number of hydrogen-bond donors (Lipinski definition) is 1. The maximum Gasteiger partial charge on any atom is 0.245 e. The lowest BCUT2D eigenvalue weighted by molar-refractivity contribution is -0.133. The standard InChI is InChI=1S/C11H20N2O3S/c1-3-9-11(15)13(6-5-10(14)12-9)7-8-17(16)4-2/h9H,3-8H2,1-2H3,(H,12,14). The Hall–Kier alpha value is -0.910. The summed E-state index contributed by atoms with van der Waals surface area (Å²) in [5.41, 5.74) is 0. The number of nitrogens with one attached hydrogen (secondary N) is 1. The van der Waals surface area contributed by atoms with E-state index < -0.39 is 16.8 Å². The number of rotatable bonds is 5. The fourth-order valence-corrected chi connectivity index (χ4v) is 2.46. The van der Waals surface area contributed by atoms with Crippen LogP contribution < -0.4 is 5.32 Å². The zero-order chi connectivity index (χ0) is 12.8. The van der Waals surface area contributed by atoms with Crippen LogP contribution in [0.3, 0.4) is 0 Å². The van der Waals surface area contributed by atoms with Gasteiger partial charge in [0, 0.05) is 41.8 Å². The molecule has 1 N–H and O–H groups in total. The summed E-state index contributed by atoms with van der Waals surface area (Å²) in [6.45, 7) is 4.64. The summed E-state index contributed by atoms with van der Waals surface area (Å²) in [4.78, 5) is 25.1. The fourth-order valence-electron chi connectivity index (χ4n) is 1.75. The topological polar surface area (TPSA) is 66.5 Å². The predicted molar refractivity (Wildman–Crippen MR) is 67.0 cm³/mol. The first-order valence-corrected chi connectivity index (χ1v) is 7.50. The summed E-state index contributed by atoms with van der Waals surface area (Å²) in [5.74, 6) is 0.972. The molecular formula is C11H20N2O3S. The molecule has 17 heavy (non-hydrogen) atoms. The van der Waals surface area contributed by atoms with Crippen molar-refractivity contribution in [3.63, 3.8) is 0 Å². The van der Waals surface area contributed by atoms with E-state index in [1.807, 2.05) is 13.8 Å². The lowest BCUT2D eigenvalue weighted by Crippen LogP contribution is -2.45. The monoisotopic (exact) mass is 260 g/mol. The van der Waals surface area contributed by atoms with Gasteiger partial charge in [0.15, 0.2) is 0 Å². The van der Waals surface area contributed by atoms with E-state index in [0.29, 0.717) is 37.4 Å². The summed E-state index contributed by atoms with van der Waals surface area (Å²) >= 11 is 0. The predicted octanol–water partition coefficient (Wildman–Crippen LogP) is -0.118. The maximum absolute atomic E-state index is 12.0. The molecule has 2 amide bonds. The van der Waals surface area contributed by atoms with E-state index in [2.05, 4.69) is 5.32 Å². The molecule has 2 unspecified atom stereocenters. The number of nitrogens with zero attached hydrogens (tertiary/aromatic N) is 1. The van der Waals surface area contributed by atoms with Gasteiger partial charge in [-0.1, -0.05) is 13.8 Å². The first kappa shape index (κ1) is 14.2. The number of carbonyl (C=O) groups excluding carboxylic acids is 2. The Morgan fingerprint density at radius 3 is 2.71 bits per heavy atom. The van der Waals surface area contributed by atoms with Gasteiger partial charge >= 0.3 is 0 Å². The van der Waals surface area contributed by atoms with Gasteiger partial charge in [-0.3, -0.25) is 13.8 Å². The van der Waals surface area contributed by atoms with E-state index in [1.54, 1.807) is 4.90 Å². The molecule has 1 fully saturated rings. The van der Waals surface area contributed by atoms with Crippen molar-refractivity contribution in [1.29, 1.82) is 0 Å². The molecule has 2 atom stereocenters. The highest BCUT2D eigenvalue weighted by atomic mass is 32.2. The minimum atomic E-state index is -0.870. The van der Waals surface area contributed by atoms with E-state index in [9.17, 15) is 13.8 Å². The van der Waals surface area contributed by atoms with Crippen LogP contribution in [0.15, 0.2) is 0 Å². The molecular weight excluding hydrogens is 240 g/mol.